The highest BCUT2D eigenvalue weighted by molar-refractivity contribution is 5.70. The Morgan fingerprint density at radius 3 is 2.89 bits per heavy atom. The monoisotopic (exact) mass is 255 g/mol. The lowest BCUT2D eigenvalue weighted by molar-refractivity contribution is -0.142. The maximum absolute atomic E-state index is 11.0. The summed E-state index contributed by atoms with van der Waals surface area (Å²) in [6.45, 7) is 2.78. The molecule has 2 fully saturated rings. The van der Waals surface area contributed by atoms with E-state index < -0.39 is 5.97 Å². The van der Waals surface area contributed by atoms with Crippen LogP contribution in [0.2, 0.25) is 0 Å². The number of carboxylic acid groups (broad SMARTS) is 1. The van der Waals surface area contributed by atoms with Crippen LogP contribution >= 0.6 is 0 Å². The minimum atomic E-state index is -0.612. The second kappa shape index (κ2) is 7.10. The van der Waals surface area contributed by atoms with Gasteiger partial charge in [-0.1, -0.05) is 6.42 Å². The van der Waals surface area contributed by atoms with Gasteiger partial charge in [0, 0.05) is 6.61 Å². The summed E-state index contributed by atoms with van der Waals surface area (Å²) >= 11 is 0. The average molecular weight is 255 g/mol. The fourth-order valence-corrected chi connectivity index (χ4v) is 3.22. The van der Waals surface area contributed by atoms with Crippen molar-refractivity contribution in [1.29, 1.82) is 0 Å². The van der Waals surface area contributed by atoms with Crippen LogP contribution in [0.1, 0.15) is 44.9 Å². The molecule has 0 spiro atoms. The predicted octanol–water partition coefficient (Wildman–Crippen LogP) is 2.04. The molecule has 0 bridgehead atoms. The Balaban J connectivity index is 1.53. The molecule has 3 atom stereocenters. The number of hydrogen-bond donors (Lipinski definition) is 2. The molecule has 0 amide bonds. The summed E-state index contributed by atoms with van der Waals surface area (Å²) in [6, 6.07) is 0. The molecule has 1 aliphatic heterocycles. The third kappa shape index (κ3) is 3.95. The van der Waals surface area contributed by atoms with Gasteiger partial charge in [-0.25, -0.2) is 0 Å². The third-order valence-corrected chi connectivity index (χ3v) is 4.29. The van der Waals surface area contributed by atoms with Gasteiger partial charge in [0.15, 0.2) is 0 Å². The Kier molecular flexibility index (Phi) is 5.45. The third-order valence-electron chi connectivity index (χ3n) is 4.29. The first kappa shape index (κ1) is 13.8. The highest BCUT2D eigenvalue weighted by Gasteiger charge is 2.32. The number of nitrogens with one attached hydrogen (secondary N) is 1. The zero-order chi connectivity index (χ0) is 12.8. The van der Waals surface area contributed by atoms with E-state index in [-0.39, 0.29) is 5.92 Å². The summed E-state index contributed by atoms with van der Waals surface area (Å²) < 4.78 is 5.58. The molecular weight excluding hydrogens is 230 g/mol. The van der Waals surface area contributed by atoms with Crippen LogP contribution in [0.15, 0.2) is 0 Å². The van der Waals surface area contributed by atoms with Crippen molar-refractivity contribution in [2.75, 3.05) is 19.7 Å². The fourth-order valence-electron chi connectivity index (χ4n) is 3.22. The van der Waals surface area contributed by atoms with Gasteiger partial charge in [-0.05, 0) is 57.5 Å². The zero-order valence-corrected chi connectivity index (χ0v) is 11.1. The van der Waals surface area contributed by atoms with Gasteiger partial charge in [0.25, 0.3) is 0 Å². The van der Waals surface area contributed by atoms with Crippen LogP contribution in [-0.2, 0) is 9.53 Å². The number of aliphatic carboxylic acids is 1. The van der Waals surface area contributed by atoms with E-state index in [2.05, 4.69) is 5.32 Å². The lowest BCUT2D eigenvalue weighted by Gasteiger charge is -2.16. The molecule has 0 radical (unpaired) electrons. The lowest BCUT2D eigenvalue weighted by atomic mass is 9.96. The Morgan fingerprint density at radius 1 is 1.28 bits per heavy atom. The molecule has 1 saturated heterocycles. The smallest absolute Gasteiger partial charge is 0.306 e. The number of hydrogen-bond acceptors (Lipinski definition) is 3. The van der Waals surface area contributed by atoms with Gasteiger partial charge in [0.2, 0.25) is 0 Å². The average Bonchev–Trinajstić information content (AvgIpc) is 2.98. The maximum atomic E-state index is 11.0. The summed E-state index contributed by atoms with van der Waals surface area (Å²) in [7, 11) is 0. The Labute approximate surface area is 109 Å². The molecule has 4 heteroatoms. The molecule has 3 unspecified atom stereocenters. The van der Waals surface area contributed by atoms with Crippen molar-refractivity contribution < 1.29 is 14.6 Å². The van der Waals surface area contributed by atoms with Gasteiger partial charge in [0.05, 0.1) is 12.0 Å². The Bertz CT molecular complexity index is 264. The molecule has 104 valence electrons. The predicted molar refractivity (Wildman–Crippen MR) is 69.5 cm³/mol. The fraction of sp³-hybridized carbons (Fsp3) is 0.929. The molecule has 1 aliphatic carbocycles. The molecule has 1 heterocycles. The topological polar surface area (TPSA) is 58.6 Å². The Hall–Kier alpha value is -0.610. The van der Waals surface area contributed by atoms with Gasteiger partial charge in [-0.2, -0.15) is 0 Å². The lowest BCUT2D eigenvalue weighted by Crippen LogP contribution is -2.29. The molecular formula is C14H25NO3. The van der Waals surface area contributed by atoms with Crippen LogP contribution < -0.4 is 5.32 Å². The molecule has 2 rings (SSSR count). The van der Waals surface area contributed by atoms with Crippen molar-refractivity contribution in [2.24, 2.45) is 11.8 Å². The van der Waals surface area contributed by atoms with Gasteiger partial charge < -0.3 is 15.2 Å². The number of rotatable bonds is 7. The van der Waals surface area contributed by atoms with Crippen LogP contribution in [0, 0.1) is 11.8 Å². The van der Waals surface area contributed by atoms with E-state index in [0.717, 1.165) is 51.8 Å². The Morgan fingerprint density at radius 2 is 2.17 bits per heavy atom. The molecule has 0 aromatic rings. The highest BCUT2D eigenvalue weighted by Crippen LogP contribution is 2.31. The van der Waals surface area contributed by atoms with Gasteiger partial charge in [-0.15, -0.1) is 0 Å². The summed E-state index contributed by atoms with van der Waals surface area (Å²) in [5.74, 6) is -0.389. The largest absolute Gasteiger partial charge is 0.481 e. The number of ether oxygens (including phenoxy) is 1. The van der Waals surface area contributed by atoms with E-state index >= 15 is 0 Å². The van der Waals surface area contributed by atoms with Crippen LogP contribution in [-0.4, -0.2) is 36.9 Å². The minimum Gasteiger partial charge on any atom is -0.481 e. The molecule has 1 saturated carbocycles. The molecule has 2 N–H and O–H groups in total. The van der Waals surface area contributed by atoms with E-state index in [9.17, 15) is 4.79 Å². The van der Waals surface area contributed by atoms with Crippen molar-refractivity contribution in [3.05, 3.63) is 0 Å². The van der Waals surface area contributed by atoms with E-state index in [4.69, 9.17) is 9.84 Å². The second-order valence-electron chi connectivity index (χ2n) is 5.62. The SMILES string of the molecule is O=C(O)C1CCCC1CNCCCC1CCCO1. The second-order valence-corrected chi connectivity index (χ2v) is 5.62. The van der Waals surface area contributed by atoms with Gasteiger partial charge >= 0.3 is 5.97 Å². The van der Waals surface area contributed by atoms with Crippen LogP contribution in [0.3, 0.4) is 0 Å². The first-order chi connectivity index (χ1) is 8.77. The molecule has 4 nitrogen and oxygen atoms in total. The molecule has 0 aromatic carbocycles. The van der Waals surface area contributed by atoms with Crippen molar-refractivity contribution in [3.63, 3.8) is 0 Å². The molecule has 0 aromatic heterocycles. The summed E-state index contributed by atoms with van der Waals surface area (Å²) in [5, 5.41) is 12.5. The van der Waals surface area contributed by atoms with Gasteiger partial charge in [-0.3, -0.25) is 4.79 Å². The van der Waals surface area contributed by atoms with Crippen LogP contribution in [0.5, 0.6) is 0 Å². The quantitative estimate of drug-likeness (QED) is 0.683. The highest BCUT2D eigenvalue weighted by atomic mass is 16.5. The normalized spacial score (nSPS) is 31.9. The minimum absolute atomic E-state index is 0.115. The van der Waals surface area contributed by atoms with Gasteiger partial charge in [0.1, 0.15) is 0 Å². The molecule has 2 aliphatic rings. The molecule has 18 heavy (non-hydrogen) atoms. The van der Waals surface area contributed by atoms with E-state index in [1.54, 1.807) is 0 Å². The number of carbonyl (C=O) groups is 1. The maximum Gasteiger partial charge on any atom is 0.306 e. The van der Waals surface area contributed by atoms with Crippen molar-refractivity contribution in [1.82, 2.24) is 5.32 Å². The first-order valence-electron chi connectivity index (χ1n) is 7.32. The zero-order valence-electron chi connectivity index (χ0n) is 11.1. The van der Waals surface area contributed by atoms with Crippen LogP contribution in [0.4, 0.5) is 0 Å². The standard InChI is InChI=1S/C14H25NO3/c16-14(17)13-7-1-4-11(13)10-15-8-2-5-12-6-3-9-18-12/h11-13,15H,1-10H2,(H,16,17). The van der Waals surface area contributed by atoms with E-state index in [1.807, 2.05) is 0 Å². The first-order valence-corrected chi connectivity index (χ1v) is 7.32. The van der Waals surface area contributed by atoms with Crippen molar-refractivity contribution in [2.45, 2.75) is 51.0 Å². The summed E-state index contributed by atoms with van der Waals surface area (Å²) in [6.07, 6.45) is 8.16. The summed E-state index contributed by atoms with van der Waals surface area (Å²) in [4.78, 5) is 11.0. The number of carboxylic acids is 1. The van der Waals surface area contributed by atoms with E-state index in [0.29, 0.717) is 12.0 Å². The van der Waals surface area contributed by atoms with E-state index in [1.165, 1.54) is 12.8 Å². The van der Waals surface area contributed by atoms with Crippen molar-refractivity contribution >= 4 is 5.97 Å². The summed E-state index contributed by atoms with van der Waals surface area (Å²) in [5.41, 5.74) is 0. The van der Waals surface area contributed by atoms with Crippen LogP contribution in [0.25, 0.3) is 0 Å². The van der Waals surface area contributed by atoms with Crippen molar-refractivity contribution in [3.8, 4) is 0 Å².